The molecule has 1 unspecified atom stereocenters. The molecule has 0 aromatic heterocycles. The summed E-state index contributed by atoms with van der Waals surface area (Å²) in [6, 6.07) is 0. The lowest BCUT2D eigenvalue weighted by atomic mass is 9.93. The van der Waals surface area contributed by atoms with Crippen molar-refractivity contribution >= 4 is 0 Å². The van der Waals surface area contributed by atoms with E-state index in [0.29, 0.717) is 0 Å². The summed E-state index contributed by atoms with van der Waals surface area (Å²) in [7, 11) is 0. The van der Waals surface area contributed by atoms with E-state index in [0.717, 1.165) is 5.92 Å². The minimum Gasteiger partial charge on any atom is -0.0654 e. The summed E-state index contributed by atoms with van der Waals surface area (Å²) in [6.45, 7) is 6.81. The first kappa shape index (κ1) is 15.0. The van der Waals surface area contributed by atoms with Gasteiger partial charge in [-0.25, -0.2) is 0 Å². The van der Waals surface area contributed by atoms with Crippen LogP contribution in [-0.2, 0) is 0 Å². The lowest BCUT2D eigenvalue weighted by Crippen LogP contribution is -1.98. The van der Waals surface area contributed by atoms with Gasteiger partial charge in [0.2, 0.25) is 0 Å². The summed E-state index contributed by atoms with van der Waals surface area (Å²) in [5.74, 6) is 0.993. The molecule has 0 heteroatoms. The number of hydrogen-bond donors (Lipinski definition) is 0. The van der Waals surface area contributed by atoms with Crippen LogP contribution in [-0.4, -0.2) is 0 Å². The van der Waals surface area contributed by atoms with Crippen molar-refractivity contribution in [3.05, 3.63) is 6.42 Å². The van der Waals surface area contributed by atoms with Crippen LogP contribution in [0.3, 0.4) is 0 Å². The van der Waals surface area contributed by atoms with Gasteiger partial charge in [-0.05, 0) is 12.3 Å². The summed E-state index contributed by atoms with van der Waals surface area (Å²) >= 11 is 0. The molecule has 0 nitrogen and oxygen atoms in total. The van der Waals surface area contributed by atoms with Crippen LogP contribution >= 0.6 is 0 Å². The first-order valence-corrected chi connectivity index (χ1v) is 7.12. The van der Waals surface area contributed by atoms with Gasteiger partial charge in [0.1, 0.15) is 0 Å². The van der Waals surface area contributed by atoms with Gasteiger partial charge in [0.05, 0.1) is 0 Å². The fourth-order valence-electron chi connectivity index (χ4n) is 2.17. The first-order valence-electron chi connectivity index (χ1n) is 7.12. The molecule has 0 aromatic carbocycles. The number of hydrogen-bond acceptors (Lipinski definition) is 0. The molecule has 15 heavy (non-hydrogen) atoms. The van der Waals surface area contributed by atoms with Crippen molar-refractivity contribution in [1.29, 1.82) is 0 Å². The predicted octanol–water partition coefficient (Wildman–Crippen LogP) is 5.77. The van der Waals surface area contributed by atoms with Crippen molar-refractivity contribution in [2.45, 2.75) is 85.0 Å². The molecule has 0 heterocycles. The standard InChI is InChI=1S/C15H31/c1-4-7-9-10-11-12-14-15(6-3)13-8-5-2/h5,15H,4,6-14H2,1-3H3. The smallest absolute Gasteiger partial charge is 0.0417 e. The lowest BCUT2D eigenvalue weighted by molar-refractivity contribution is 0.411. The molecule has 1 atom stereocenters. The van der Waals surface area contributed by atoms with E-state index in [-0.39, 0.29) is 0 Å². The Bertz CT molecular complexity index is 107. The van der Waals surface area contributed by atoms with E-state index < -0.39 is 0 Å². The fraction of sp³-hybridized carbons (Fsp3) is 0.933. The molecule has 0 aromatic rings. The van der Waals surface area contributed by atoms with Crippen molar-refractivity contribution in [3.63, 3.8) is 0 Å². The van der Waals surface area contributed by atoms with Crippen LogP contribution in [0.1, 0.15) is 85.0 Å². The highest BCUT2D eigenvalue weighted by Crippen LogP contribution is 2.20. The van der Waals surface area contributed by atoms with E-state index in [9.17, 15) is 0 Å². The summed E-state index contributed by atoms with van der Waals surface area (Å²) in [6.07, 6.45) is 16.5. The maximum atomic E-state index is 2.34. The second-order valence-electron chi connectivity index (χ2n) is 4.82. The van der Waals surface area contributed by atoms with E-state index in [1.165, 1.54) is 64.2 Å². The Kier molecular flexibility index (Phi) is 12.1. The first-order chi connectivity index (χ1) is 7.35. The zero-order chi connectivity index (χ0) is 11.4. The minimum absolute atomic E-state index is 0.993. The second-order valence-corrected chi connectivity index (χ2v) is 4.82. The van der Waals surface area contributed by atoms with Gasteiger partial charge in [-0.15, -0.1) is 0 Å². The average Bonchev–Trinajstić information content (AvgIpc) is 2.27. The molecule has 0 fully saturated rings. The van der Waals surface area contributed by atoms with Gasteiger partial charge < -0.3 is 0 Å². The Morgan fingerprint density at radius 1 is 0.867 bits per heavy atom. The highest BCUT2D eigenvalue weighted by Gasteiger charge is 2.04. The quantitative estimate of drug-likeness (QED) is 0.381. The highest BCUT2D eigenvalue weighted by atomic mass is 14.1. The molecule has 91 valence electrons. The Labute approximate surface area is 97.8 Å². The molecular formula is C15H31. The van der Waals surface area contributed by atoms with E-state index in [4.69, 9.17) is 0 Å². The third-order valence-corrected chi connectivity index (χ3v) is 3.41. The molecule has 1 radical (unpaired) electrons. The Morgan fingerprint density at radius 2 is 1.53 bits per heavy atom. The third kappa shape index (κ3) is 10.3. The van der Waals surface area contributed by atoms with Gasteiger partial charge >= 0.3 is 0 Å². The van der Waals surface area contributed by atoms with E-state index in [1.807, 2.05) is 0 Å². The normalized spacial score (nSPS) is 13.0. The summed E-state index contributed by atoms with van der Waals surface area (Å²) in [4.78, 5) is 0. The van der Waals surface area contributed by atoms with Crippen LogP contribution in [0.15, 0.2) is 0 Å². The van der Waals surface area contributed by atoms with Crippen molar-refractivity contribution in [2.75, 3.05) is 0 Å². The zero-order valence-electron chi connectivity index (χ0n) is 11.2. The van der Waals surface area contributed by atoms with Crippen molar-refractivity contribution in [1.82, 2.24) is 0 Å². The highest BCUT2D eigenvalue weighted by molar-refractivity contribution is 4.63. The Morgan fingerprint density at radius 3 is 2.13 bits per heavy atom. The van der Waals surface area contributed by atoms with E-state index >= 15 is 0 Å². The van der Waals surface area contributed by atoms with Crippen LogP contribution in [0.2, 0.25) is 0 Å². The maximum absolute atomic E-state index is 2.34. The van der Waals surface area contributed by atoms with Crippen LogP contribution in [0.4, 0.5) is 0 Å². The number of unbranched alkanes of at least 4 members (excludes halogenated alkanes) is 6. The van der Waals surface area contributed by atoms with Crippen LogP contribution in [0.5, 0.6) is 0 Å². The largest absolute Gasteiger partial charge is 0.0654 e. The van der Waals surface area contributed by atoms with Gasteiger partial charge in [-0.2, -0.15) is 0 Å². The van der Waals surface area contributed by atoms with Crippen molar-refractivity contribution < 1.29 is 0 Å². The zero-order valence-corrected chi connectivity index (χ0v) is 11.2. The molecule has 0 aliphatic carbocycles. The van der Waals surface area contributed by atoms with Gasteiger partial charge in [0, 0.05) is 0 Å². The third-order valence-electron chi connectivity index (χ3n) is 3.41. The Balaban J connectivity index is 3.22. The molecule has 0 aliphatic rings. The molecule has 0 bridgehead atoms. The summed E-state index contributed by atoms with van der Waals surface area (Å²) in [5, 5.41) is 0. The minimum atomic E-state index is 0.993. The monoisotopic (exact) mass is 211 g/mol. The van der Waals surface area contributed by atoms with Crippen LogP contribution in [0, 0.1) is 12.3 Å². The molecule has 0 N–H and O–H groups in total. The fourth-order valence-corrected chi connectivity index (χ4v) is 2.17. The SMILES string of the molecule is C[CH]CCC(CC)CCCCCCCC. The number of rotatable bonds is 11. The van der Waals surface area contributed by atoms with Gasteiger partial charge in [-0.3, -0.25) is 0 Å². The van der Waals surface area contributed by atoms with Gasteiger partial charge in [-0.1, -0.05) is 85.0 Å². The van der Waals surface area contributed by atoms with Crippen LogP contribution in [0.25, 0.3) is 0 Å². The molecule has 0 spiro atoms. The van der Waals surface area contributed by atoms with Gasteiger partial charge in [0.25, 0.3) is 0 Å². The van der Waals surface area contributed by atoms with Crippen molar-refractivity contribution in [2.24, 2.45) is 5.92 Å². The van der Waals surface area contributed by atoms with Crippen molar-refractivity contribution in [3.8, 4) is 0 Å². The summed E-state index contributed by atoms with van der Waals surface area (Å²) < 4.78 is 0. The van der Waals surface area contributed by atoms with E-state index in [1.54, 1.807) is 0 Å². The molecular weight excluding hydrogens is 180 g/mol. The molecule has 0 saturated carbocycles. The predicted molar refractivity (Wildman–Crippen MR) is 71.0 cm³/mol. The topological polar surface area (TPSA) is 0 Å². The van der Waals surface area contributed by atoms with Crippen LogP contribution < -0.4 is 0 Å². The molecule has 0 amide bonds. The molecule has 0 rings (SSSR count). The maximum Gasteiger partial charge on any atom is -0.0417 e. The average molecular weight is 211 g/mol. The second kappa shape index (κ2) is 12.1. The van der Waals surface area contributed by atoms with Gasteiger partial charge in [0.15, 0.2) is 0 Å². The summed E-state index contributed by atoms with van der Waals surface area (Å²) in [5.41, 5.74) is 0. The van der Waals surface area contributed by atoms with E-state index in [2.05, 4.69) is 27.2 Å². The lowest BCUT2D eigenvalue weighted by Gasteiger charge is -2.13. The molecule has 0 aliphatic heterocycles. The Hall–Kier alpha value is 0. The molecule has 0 saturated heterocycles.